The van der Waals surface area contributed by atoms with E-state index in [1.165, 1.54) is 21.6 Å². The summed E-state index contributed by atoms with van der Waals surface area (Å²) >= 11 is 6.12. The lowest BCUT2D eigenvalue weighted by Crippen LogP contribution is -2.18. The van der Waals surface area contributed by atoms with Crippen LogP contribution in [0.5, 0.6) is 5.75 Å². The van der Waals surface area contributed by atoms with Crippen LogP contribution in [-0.2, 0) is 0 Å². The molecule has 8 heteroatoms. The van der Waals surface area contributed by atoms with E-state index in [-0.39, 0.29) is 17.1 Å². The van der Waals surface area contributed by atoms with Crippen molar-refractivity contribution in [1.82, 2.24) is 19.6 Å². The van der Waals surface area contributed by atoms with Gasteiger partial charge in [0, 0.05) is 5.02 Å². The maximum atomic E-state index is 14.7. The van der Waals surface area contributed by atoms with Crippen LogP contribution in [0.1, 0.15) is 12.5 Å². The van der Waals surface area contributed by atoms with E-state index in [0.717, 1.165) is 5.56 Å². The fourth-order valence-corrected chi connectivity index (χ4v) is 3.30. The lowest BCUT2D eigenvalue weighted by atomic mass is 10.2. The fourth-order valence-electron chi connectivity index (χ4n) is 3.11. The van der Waals surface area contributed by atoms with Gasteiger partial charge < -0.3 is 4.74 Å². The quantitative estimate of drug-likeness (QED) is 0.408. The molecule has 0 amide bonds. The van der Waals surface area contributed by atoms with Gasteiger partial charge in [0.1, 0.15) is 11.5 Å². The second kappa shape index (κ2) is 8.20. The van der Waals surface area contributed by atoms with Gasteiger partial charge in [-0.25, -0.2) is 13.8 Å². The largest absolute Gasteiger partial charge is 0.457 e. The number of rotatable bonds is 5. The van der Waals surface area contributed by atoms with Crippen molar-refractivity contribution >= 4 is 11.6 Å². The maximum absolute atomic E-state index is 14.7. The highest BCUT2D eigenvalue weighted by atomic mass is 35.5. The summed E-state index contributed by atoms with van der Waals surface area (Å²) in [4.78, 5) is 13.2. The number of allylic oxidation sites excluding steroid dienone is 1. The lowest BCUT2D eigenvalue weighted by Gasteiger charge is -2.13. The lowest BCUT2D eigenvalue weighted by molar-refractivity contribution is 0.420. The van der Waals surface area contributed by atoms with Gasteiger partial charge in [0.25, 0.3) is 5.43 Å². The minimum atomic E-state index is -0.480. The van der Waals surface area contributed by atoms with Crippen molar-refractivity contribution in [3.63, 3.8) is 0 Å². The van der Waals surface area contributed by atoms with Crippen LogP contribution in [0, 0.1) is 12.7 Å². The Morgan fingerprint density at radius 3 is 2.71 bits per heavy atom. The first-order valence-electron chi connectivity index (χ1n) is 9.37. The second-order valence-corrected chi connectivity index (χ2v) is 7.42. The average Bonchev–Trinajstić information content (AvgIpc) is 3.19. The van der Waals surface area contributed by atoms with E-state index < -0.39 is 11.2 Å². The molecule has 4 aromatic rings. The number of aromatic nitrogens is 4. The average molecular weight is 437 g/mol. The molecule has 0 aliphatic heterocycles. The number of aryl methyl sites for hydroxylation is 1. The zero-order valence-electron chi connectivity index (χ0n) is 16.8. The molecule has 0 saturated carbocycles. The molecule has 2 aromatic carbocycles. The monoisotopic (exact) mass is 436 g/mol. The van der Waals surface area contributed by atoms with Crippen molar-refractivity contribution in [2.75, 3.05) is 0 Å². The van der Waals surface area contributed by atoms with E-state index in [1.807, 2.05) is 0 Å². The summed E-state index contributed by atoms with van der Waals surface area (Å²) in [5.41, 5.74) is 1.55. The van der Waals surface area contributed by atoms with Gasteiger partial charge in [-0.1, -0.05) is 30.3 Å². The highest BCUT2D eigenvalue weighted by Gasteiger charge is 2.19. The van der Waals surface area contributed by atoms with Crippen LogP contribution in [0.15, 0.2) is 78.1 Å². The Kier molecular flexibility index (Phi) is 5.44. The Balaban J connectivity index is 1.96. The zero-order valence-corrected chi connectivity index (χ0v) is 17.6. The number of nitrogens with zero attached hydrogens (tertiary/aromatic N) is 4. The summed E-state index contributed by atoms with van der Waals surface area (Å²) < 4.78 is 23.0. The number of halogens is 2. The van der Waals surface area contributed by atoms with Crippen molar-refractivity contribution < 1.29 is 9.13 Å². The summed E-state index contributed by atoms with van der Waals surface area (Å²) in [6, 6.07) is 13.4. The van der Waals surface area contributed by atoms with Gasteiger partial charge in [0.2, 0.25) is 0 Å². The molecule has 0 atom stereocenters. The summed E-state index contributed by atoms with van der Waals surface area (Å²) in [5.74, 6) is -0.198. The fraction of sp³-hybridized carbons (Fsp3) is 0.0870. The first-order chi connectivity index (χ1) is 14.8. The molecule has 0 spiro atoms. The topological polar surface area (TPSA) is 61.9 Å². The molecule has 4 rings (SSSR count). The molecule has 0 saturated heterocycles. The van der Waals surface area contributed by atoms with Crippen molar-refractivity contribution in [2.45, 2.75) is 13.8 Å². The third-order valence-corrected chi connectivity index (χ3v) is 4.69. The van der Waals surface area contributed by atoms with Gasteiger partial charge in [-0.15, -0.1) is 0 Å². The third kappa shape index (κ3) is 4.13. The molecular formula is C23H18ClFN4O2. The molecule has 0 N–H and O–H groups in total. The molecule has 156 valence electrons. The first kappa shape index (κ1) is 20.6. The molecule has 0 aliphatic carbocycles. The minimum absolute atomic E-state index is 0.0312. The number of benzene rings is 2. The van der Waals surface area contributed by atoms with Gasteiger partial charge in [-0.2, -0.15) is 10.2 Å². The van der Waals surface area contributed by atoms with Crippen molar-refractivity contribution in [3.8, 4) is 28.5 Å². The molecule has 6 nitrogen and oxygen atoms in total. The highest BCUT2D eigenvalue weighted by molar-refractivity contribution is 6.30. The maximum Gasteiger partial charge on any atom is 0.252 e. The zero-order chi connectivity index (χ0) is 22.1. The molecule has 0 aliphatic rings. The van der Waals surface area contributed by atoms with Crippen LogP contribution in [0.3, 0.4) is 0 Å². The Bertz CT molecular complexity index is 1360. The van der Waals surface area contributed by atoms with Crippen LogP contribution in [0.2, 0.25) is 5.02 Å². The van der Waals surface area contributed by atoms with Crippen LogP contribution in [0.4, 0.5) is 4.39 Å². The van der Waals surface area contributed by atoms with E-state index in [2.05, 4.69) is 16.8 Å². The van der Waals surface area contributed by atoms with Crippen molar-refractivity contribution in [3.05, 3.63) is 99.9 Å². The van der Waals surface area contributed by atoms with E-state index in [4.69, 9.17) is 16.3 Å². The number of hydrogen-bond acceptors (Lipinski definition) is 4. The van der Waals surface area contributed by atoms with E-state index in [1.54, 1.807) is 62.5 Å². The summed E-state index contributed by atoms with van der Waals surface area (Å²) in [6.45, 7) is 7.10. The second-order valence-electron chi connectivity index (χ2n) is 6.98. The van der Waals surface area contributed by atoms with E-state index in [0.29, 0.717) is 22.2 Å². The van der Waals surface area contributed by atoms with Crippen LogP contribution >= 0.6 is 11.6 Å². The summed E-state index contributed by atoms with van der Waals surface area (Å²) in [7, 11) is 0. The summed E-state index contributed by atoms with van der Waals surface area (Å²) in [5, 5.41) is 9.24. The Morgan fingerprint density at radius 1 is 1.19 bits per heavy atom. The van der Waals surface area contributed by atoms with E-state index >= 15 is 0 Å². The van der Waals surface area contributed by atoms with Gasteiger partial charge in [-0.3, -0.25) is 4.79 Å². The molecular weight excluding hydrogens is 419 g/mol. The molecule has 2 heterocycles. The predicted octanol–water partition coefficient (Wildman–Crippen LogP) is 5.10. The Morgan fingerprint density at radius 2 is 2.00 bits per heavy atom. The normalized spacial score (nSPS) is 10.8. The van der Waals surface area contributed by atoms with Crippen molar-refractivity contribution in [2.24, 2.45) is 0 Å². The van der Waals surface area contributed by atoms with Gasteiger partial charge in [0.15, 0.2) is 11.4 Å². The standard InChI is InChI=1S/C23H18ClFN4O2/c1-14(2)31-21-13-28(19-8-7-15(3)11-18(19)25)27-22(23(21)30)20-9-10-26-29(20)17-6-4-5-16(24)12-17/h4-13H,1H2,2-3H3. The summed E-state index contributed by atoms with van der Waals surface area (Å²) in [6.07, 6.45) is 2.88. The van der Waals surface area contributed by atoms with Crippen LogP contribution < -0.4 is 10.2 Å². The molecule has 0 fully saturated rings. The highest BCUT2D eigenvalue weighted by Crippen LogP contribution is 2.24. The molecule has 0 bridgehead atoms. The van der Waals surface area contributed by atoms with Gasteiger partial charge >= 0.3 is 0 Å². The van der Waals surface area contributed by atoms with Gasteiger partial charge in [0.05, 0.1) is 29.5 Å². The Hall–Kier alpha value is -3.71. The van der Waals surface area contributed by atoms with Gasteiger partial charge in [-0.05, 0) is 55.8 Å². The minimum Gasteiger partial charge on any atom is -0.457 e. The first-order valence-corrected chi connectivity index (χ1v) is 9.75. The Labute approximate surface area is 182 Å². The van der Waals surface area contributed by atoms with Crippen LogP contribution in [0.25, 0.3) is 22.8 Å². The smallest absolute Gasteiger partial charge is 0.252 e. The number of hydrogen-bond donors (Lipinski definition) is 0. The van der Waals surface area contributed by atoms with E-state index in [9.17, 15) is 9.18 Å². The molecule has 2 aromatic heterocycles. The molecule has 31 heavy (non-hydrogen) atoms. The van der Waals surface area contributed by atoms with Crippen LogP contribution in [-0.4, -0.2) is 19.6 Å². The van der Waals surface area contributed by atoms with Crippen molar-refractivity contribution in [1.29, 1.82) is 0 Å². The predicted molar refractivity (Wildman–Crippen MR) is 118 cm³/mol. The molecule has 0 radical (unpaired) electrons. The third-order valence-electron chi connectivity index (χ3n) is 4.46. The molecule has 0 unspecified atom stereocenters. The SMILES string of the molecule is C=C(C)Oc1cn(-c2ccc(C)cc2F)nc(-c2ccnn2-c2cccc(Cl)c2)c1=O. The number of ether oxygens (including phenoxy) is 1.